The molecule has 0 radical (unpaired) electrons. The molecular formula is C12H13F3N6O5S. The van der Waals surface area contributed by atoms with Crippen LogP contribution in [0, 0.1) is 0 Å². The Morgan fingerprint density at radius 3 is 2.74 bits per heavy atom. The lowest BCUT2D eigenvalue weighted by atomic mass is 10.2. The monoisotopic (exact) mass is 410 g/mol. The molecule has 15 heteroatoms. The van der Waals surface area contributed by atoms with Crippen LogP contribution in [-0.2, 0) is 20.7 Å². The average molecular weight is 410 g/mol. The summed E-state index contributed by atoms with van der Waals surface area (Å²) in [6, 6.07) is 4.04. The van der Waals surface area contributed by atoms with E-state index in [1.807, 2.05) is 0 Å². The third kappa shape index (κ3) is 6.17. The molecule has 0 unspecified atom stereocenters. The highest BCUT2D eigenvalue weighted by Gasteiger charge is 2.30. The van der Waals surface area contributed by atoms with E-state index in [-0.39, 0.29) is 36.2 Å². The molecule has 0 fully saturated rings. The summed E-state index contributed by atoms with van der Waals surface area (Å²) in [6.07, 6.45) is -4.57. The van der Waals surface area contributed by atoms with Crippen LogP contribution in [0.2, 0.25) is 0 Å². The fourth-order valence-corrected chi connectivity index (χ4v) is 2.11. The van der Waals surface area contributed by atoms with Crippen LogP contribution in [0.5, 0.6) is 0 Å². The fourth-order valence-electron chi connectivity index (χ4n) is 1.80. The van der Waals surface area contributed by atoms with Gasteiger partial charge in [-0.3, -0.25) is 14.9 Å². The van der Waals surface area contributed by atoms with Gasteiger partial charge in [0, 0.05) is 6.54 Å². The number of anilines is 1. The first-order valence-electron chi connectivity index (χ1n) is 7.00. The number of hydrogen-bond donors (Lipinski definition) is 4. The molecule has 27 heavy (non-hydrogen) atoms. The predicted octanol–water partition coefficient (Wildman–Crippen LogP) is 0.778. The minimum Gasteiger partial charge on any atom is -0.363 e. The van der Waals surface area contributed by atoms with Crippen molar-refractivity contribution >= 4 is 27.6 Å². The molecule has 0 saturated carbocycles. The third-order valence-electron chi connectivity index (χ3n) is 2.88. The third-order valence-corrected chi connectivity index (χ3v) is 3.37. The van der Waals surface area contributed by atoms with Crippen molar-refractivity contribution in [2.24, 2.45) is 10.1 Å². The van der Waals surface area contributed by atoms with E-state index in [4.69, 9.17) is 0 Å². The summed E-state index contributed by atoms with van der Waals surface area (Å²) in [5.74, 6) is -0.453. The first-order chi connectivity index (χ1) is 12.6. The van der Waals surface area contributed by atoms with Gasteiger partial charge in [-0.2, -0.15) is 21.6 Å². The molecular weight excluding hydrogens is 397 g/mol. The van der Waals surface area contributed by atoms with E-state index in [1.54, 1.807) is 5.48 Å². The standard InChI is InChI=1S/C12H13F3N6O5S/c13-12(14,15)7-2-1-3-8(6-7)18-11(19-22)9-10(21-26-20-9)17-4-5-25-27(16,23)24/h1-3,6,22H,4-5H2,(H,17,21)(H,18,19)(H2,16,23,24). The maximum absolute atomic E-state index is 12.8. The molecule has 0 aliphatic rings. The molecule has 11 nitrogen and oxygen atoms in total. The second-order valence-electron chi connectivity index (χ2n) is 4.82. The van der Waals surface area contributed by atoms with E-state index in [2.05, 4.69) is 34.6 Å². The number of aliphatic imine (C=N–C) groups is 1. The van der Waals surface area contributed by atoms with Crippen LogP contribution in [0.3, 0.4) is 0 Å². The number of amidine groups is 1. The molecule has 1 heterocycles. The van der Waals surface area contributed by atoms with Gasteiger partial charge in [-0.25, -0.2) is 14.8 Å². The van der Waals surface area contributed by atoms with Crippen molar-refractivity contribution in [2.45, 2.75) is 6.18 Å². The molecule has 5 N–H and O–H groups in total. The summed E-state index contributed by atoms with van der Waals surface area (Å²) >= 11 is 0. The number of nitrogens with two attached hydrogens (primary N) is 1. The molecule has 2 aromatic rings. The molecule has 148 valence electrons. The lowest BCUT2D eigenvalue weighted by Gasteiger charge is -2.08. The molecule has 0 aliphatic heterocycles. The first-order valence-corrected chi connectivity index (χ1v) is 8.47. The highest BCUT2D eigenvalue weighted by atomic mass is 32.2. The smallest absolute Gasteiger partial charge is 0.363 e. The summed E-state index contributed by atoms with van der Waals surface area (Å²) in [4.78, 5) is 3.83. The van der Waals surface area contributed by atoms with Crippen LogP contribution in [0.4, 0.5) is 24.7 Å². The Morgan fingerprint density at radius 2 is 2.11 bits per heavy atom. The summed E-state index contributed by atoms with van der Waals surface area (Å²) in [5, 5.41) is 23.4. The van der Waals surface area contributed by atoms with Gasteiger partial charge in [0.05, 0.1) is 17.9 Å². The van der Waals surface area contributed by atoms with Gasteiger partial charge in [-0.05, 0) is 28.5 Å². The Kier molecular flexibility index (Phi) is 6.32. The summed E-state index contributed by atoms with van der Waals surface area (Å²) in [7, 11) is -4.12. The van der Waals surface area contributed by atoms with E-state index in [0.29, 0.717) is 0 Å². The van der Waals surface area contributed by atoms with Gasteiger partial charge in [0.1, 0.15) is 0 Å². The van der Waals surface area contributed by atoms with Crippen LogP contribution in [0.15, 0.2) is 33.9 Å². The minimum absolute atomic E-state index is 0.0831. The topological polar surface area (TPSA) is 165 Å². The fraction of sp³-hybridized carbons (Fsp3) is 0.250. The van der Waals surface area contributed by atoms with Crippen LogP contribution in [0.1, 0.15) is 11.3 Å². The van der Waals surface area contributed by atoms with E-state index in [1.165, 1.54) is 6.07 Å². The second-order valence-corrected chi connectivity index (χ2v) is 6.04. The van der Waals surface area contributed by atoms with Crippen LogP contribution in [-0.4, -0.2) is 42.9 Å². The molecule has 0 atom stereocenters. The molecule has 2 rings (SSSR count). The molecule has 0 amide bonds. The Hall–Kier alpha value is -2.75. The van der Waals surface area contributed by atoms with Gasteiger partial charge in [0.25, 0.3) is 0 Å². The number of nitrogens with one attached hydrogen (secondary N) is 2. The molecule has 1 aromatic carbocycles. The number of hydroxylamine groups is 1. The van der Waals surface area contributed by atoms with Crippen molar-refractivity contribution in [1.29, 1.82) is 0 Å². The molecule has 0 saturated heterocycles. The maximum atomic E-state index is 12.8. The lowest BCUT2D eigenvalue weighted by molar-refractivity contribution is -0.137. The van der Waals surface area contributed by atoms with Crippen LogP contribution >= 0.6 is 0 Å². The van der Waals surface area contributed by atoms with Crippen molar-refractivity contribution in [1.82, 2.24) is 15.8 Å². The zero-order valence-corrected chi connectivity index (χ0v) is 14.1. The number of halogens is 3. The van der Waals surface area contributed by atoms with Crippen molar-refractivity contribution in [2.75, 3.05) is 18.5 Å². The zero-order valence-electron chi connectivity index (χ0n) is 13.3. The zero-order chi connectivity index (χ0) is 20.1. The quantitative estimate of drug-likeness (QED) is 0.223. The Labute approximate surface area is 150 Å². The Morgan fingerprint density at radius 1 is 1.37 bits per heavy atom. The van der Waals surface area contributed by atoms with Crippen LogP contribution in [0.25, 0.3) is 0 Å². The number of alkyl halides is 3. The molecule has 1 aromatic heterocycles. The Balaban J connectivity index is 2.19. The summed E-state index contributed by atoms with van der Waals surface area (Å²) < 4.78 is 68.4. The normalized spacial score (nSPS) is 12.9. The van der Waals surface area contributed by atoms with Gasteiger partial charge >= 0.3 is 16.5 Å². The van der Waals surface area contributed by atoms with Gasteiger partial charge in [0.15, 0.2) is 11.5 Å². The van der Waals surface area contributed by atoms with Gasteiger partial charge < -0.3 is 5.32 Å². The van der Waals surface area contributed by atoms with Gasteiger partial charge in [-0.1, -0.05) is 6.07 Å². The highest BCUT2D eigenvalue weighted by Crippen LogP contribution is 2.31. The van der Waals surface area contributed by atoms with Crippen molar-refractivity contribution in [3.05, 3.63) is 35.5 Å². The van der Waals surface area contributed by atoms with Crippen molar-refractivity contribution in [3.8, 4) is 0 Å². The Bertz CT molecular complexity index is 914. The number of rotatable bonds is 7. The molecule has 0 bridgehead atoms. The molecule has 0 spiro atoms. The number of aromatic nitrogens is 2. The summed E-state index contributed by atoms with van der Waals surface area (Å²) in [6.45, 7) is -0.447. The van der Waals surface area contributed by atoms with E-state index < -0.39 is 22.0 Å². The lowest BCUT2D eigenvalue weighted by Crippen LogP contribution is -2.23. The number of hydrogen-bond acceptors (Lipinski definition) is 9. The highest BCUT2D eigenvalue weighted by molar-refractivity contribution is 7.84. The predicted molar refractivity (Wildman–Crippen MR) is 84.4 cm³/mol. The second kappa shape index (κ2) is 8.30. The first kappa shape index (κ1) is 20.6. The largest absolute Gasteiger partial charge is 0.416 e. The number of benzene rings is 1. The van der Waals surface area contributed by atoms with Gasteiger partial charge in [-0.15, -0.1) is 0 Å². The molecule has 0 aliphatic carbocycles. The number of nitrogens with zero attached hydrogens (tertiary/aromatic N) is 3. The van der Waals surface area contributed by atoms with E-state index in [9.17, 15) is 26.8 Å². The SMILES string of the molecule is NS(=O)(=O)OCCNc1nonc1C(=Nc1cccc(C(F)(F)F)c1)NO. The van der Waals surface area contributed by atoms with Crippen LogP contribution < -0.4 is 15.9 Å². The van der Waals surface area contributed by atoms with E-state index >= 15 is 0 Å². The maximum Gasteiger partial charge on any atom is 0.416 e. The van der Waals surface area contributed by atoms with Crippen molar-refractivity contribution in [3.63, 3.8) is 0 Å². The minimum atomic E-state index is -4.57. The average Bonchev–Trinajstić information content (AvgIpc) is 3.03. The van der Waals surface area contributed by atoms with E-state index in [0.717, 1.165) is 18.2 Å². The van der Waals surface area contributed by atoms with Gasteiger partial charge in [0.2, 0.25) is 5.82 Å². The summed E-state index contributed by atoms with van der Waals surface area (Å²) in [5.41, 5.74) is 0.446. The van der Waals surface area contributed by atoms with Crippen molar-refractivity contribution < 1.29 is 35.6 Å².